The van der Waals surface area contributed by atoms with Crippen molar-refractivity contribution in [3.05, 3.63) is 69.3 Å². The van der Waals surface area contributed by atoms with Gasteiger partial charge in [-0.05, 0) is 24.6 Å². The highest BCUT2D eigenvalue weighted by Crippen LogP contribution is 2.30. The molecular weight excluding hydrogens is 458 g/mol. The fourth-order valence-corrected chi connectivity index (χ4v) is 4.50. The van der Waals surface area contributed by atoms with Gasteiger partial charge in [0.2, 0.25) is 5.91 Å². The number of hydrogen-bond acceptors (Lipinski definition) is 7. The van der Waals surface area contributed by atoms with Gasteiger partial charge in [-0.3, -0.25) is 14.2 Å². The summed E-state index contributed by atoms with van der Waals surface area (Å²) in [6.07, 6.45) is 0. The maximum Gasteiger partial charge on any atom is 0.337 e. The molecule has 0 aliphatic heterocycles. The number of anilines is 1. The molecule has 0 bridgehead atoms. The number of aromatic nitrogens is 2. The molecule has 2 N–H and O–H groups in total. The van der Waals surface area contributed by atoms with E-state index in [1.807, 2.05) is 25.1 Å². The van der Waals surface area contributed by atoms with Gasteiger partial charge in [0.15, 0.2) is 0 Å². The molecule has 10 heteroatoms. The Bertz CT molecular complexity index is 1470. The highest BCUT2D eigenvalue weighted by Gasteiger charge is 2.22. The summed E-state index contributed by atoms with van der Waals surface area (Å²) in [6, 6.07) is 12.3. The first kappa shape index (κ1) is 23.0. The van der Waals surface area contributed by atoms with E-state index >= 15 is 0 Å². The molecule has 0 aliphatic carbocycles. The van der Waals surface area contributed by atoms with Crippen molar-refractivity contribution in [1.82, 2.24) is 9.55 Å². The van der Waals surface area contributed by atoms with Crippen molar-refractivity contribution >= 4 is 39.1 Å². The largest absolute Gasteiger partial charge is 0.497 e. The molecule has 34 heavy (non-hydrogen) atoms. The summed E-state index contributed by atoms with van der Waals surface area (Å²) < 4.78 is 11.7. The molecule has 2 aromatic heterocycles. The Hall–Kier alpha value is -4.18. The lowest BCUT2D eigenvalue weighted by Crippen LogP contribution is -2.30. The second-order valence-electron chi connectivity index (χ2n) is 7.39. The van der Waals surface area contributed by atoms with E-state index in [1.165, 1.54) is 24.2 Å². The molecule has 0 atom stereocenters. The first-order chi connectivity index (χ1) is 16.3. The SMILES string of the molecule is COc1ccc(NC(=O)Cn2c(-c3ccccc3C)nc3scc(C(=O)O)c3c2=O)c(OC)c1. The van der Waals surface area contributed by atoms with E-state index in [9.17, 15) is 19.5 Å². The highest BCUT2D eigenvalue weighted by molar-refractivity contribution is 7.17. The number of carbonyl (C=O) groups excluding carboxylic acids is 1. The Morgan fingerprint density at radius 3 is 2.59 bits per heavy atom. The van der Waals surface area contributed by atoms with Crippen LogP contribution in [0, 0.1) is 6.92 Å². The average Bonchev–Trinajstić information content (AvgIpc) is 3.26. The van der Waals surface area contributed by atoms with Crippen LogP contribution in [-0.4, -0.2) is 40.8 Å². The van der Waals surface area contributed by atoms with Crippen LogP contribution in [0.2, 0.25) is 0 Å². The number of hydrogen-bond donors (Lipinski definition) is 2. The third-order valence-corrected chi connectivity index (χ3v) is 6.17. The summed E-state index contributed by atoms with van der Waals surface area (Å²) in [4.78, 5) is 43.0. The molecule has 2 aromatic carbocycles. The lowest BCUT2D eigenvalue weighted by Gasteiger charge is -2.15. The number of fused-ring (bicyclic) bond motifs is 1. The molecule has 2 heterocycles. The van der Waals surface area contributed by atoms with E-state index in [2.05, 4.69) is 10.3 Å². The molecule has 0 spiro atoms. The second kappa shape index (κ2) is 9.36. The van der Waals surface area contributed by atoms with Gasteiger partial charge < -0.3 is 19.9 Å². The second-order valence-corrected chi connectivity index (χ2v) is 8.25. The van der Waals surface area contributed by atoms with Crippen molar-refractivity contribution in [2.24, 2.45) is 0 Å². The quantitative estimate of drug-likeness (QED) is 0.414. The number of carbonyl (C=O) groups is 2. The zero-order chi connectivity index (χ0) is 24.4. The average molecular weight is 480 g/mol. The van der Waals surface area contributed by atoms with Gasteiger partial charge in [0.1, 0.15) is 28.7 Å². The highest BCUT2D eigenvalue weighted by atomic mass is 32.1. The number of ether oxygens (including phenoxy) is 2. The van der Waals surface area contributed by atoms with Gasteiger partial charge in [-0.1, -0.05) is 24.3 Å². The third-order valence-electron chi connectivity index (χ3n) is 5.29. The Morgan fingerprint density at radius 1 is 1.15 bits per heavy atom. The standard InChI is InChI=1S/C24H21N3O6S/c1-13-6-4-5-7-15(13)21-26-22-20(16(12-34-22)24(30)31)23(29)27(21)11-19(28)25-17-9-8-14(32-2)10-18(17)33-3/h4-10,12H,11H2,1-3H3,(H,25,28)(H,30,31). The van der Waals surface area contributed by atoms with E-state index in [4.69, 9.17) is 9.47 Å². The smallest absolute Gasteiger partial charge is 0.337 e. The van der Waals surface area contributed by atoms with Crippen molar-refractivity contribution in [3.8, 4) is 22.9 Å². The number of benzene rings is 2. The molecule has 4 aromatic rings. The number of rotatable bonds is 7. The molecule has 0 aliphatic rings. The fourth-order valence-electron chi connectivity index (χ4n) is 3.59. The number of aromatic carboxylic acids is 1. The summed E-state index contributed by atoms with van der Waals surface area (Å²) in [7, 11) is 2.98. The number of methoxy groups -OCH3 is 2. The topological polar surface area (TPSA) is 120 Å². The van der Waals surface area contributed by atoms with E-state index < -0.39 is 17.4 Å². The number of carboxylic acid groups (broad SMARTS) is 1. The fraction of sp³-hybridized carbons (Fsp3) is 0.167. The molecule has 9 nitrogen and oxygen atoms in total. The van der Waals surface area contributed by atoms with E-state index in [1.54, 1.807) is 24.3 Å². The number of amides is 1. The number of nitrogens with zero attached hydrogens (tertiary/aromatic N) is 2. The van der Waals surface area contributed by atoms with E-state index in [-0.39, 0.29) is 23.3 Å². The molecule has 0 saturated carbocycles. The van der Waals surface area contributed by atoms with E-state index in [0.29, 0.717) is 27.6 Å². The maximum absolute atomic E-state index is 13.5. The van der Waals surface area contributed by atoms with Crippen molar-refractivity contribution in [2.45, 2.75) is 13.5 Å². The van der Waals surface area contributed by atoms with Gasteiger partial charge in [0.05, 0.1) is 30.9 Å². The van der Waals surface area contributed by atoms with Gasteiger partial charge in [-0.2, -0.15) is 0 Å². The van der Waals surface area contributed by atoms with E-state index in [0.717, 1.165) is 16.9 Å². The van der Waals surface area contributed by atoms with Gasteiger partial charge in [0, 0.05) is 17.0 Å². The molecule has 0 fully saturated rings. The monoisotopic (exact) mass is 479 g/mol. The third kappa shape index (κ3) is 4.23. The number of nitrogens with one attached hydrogen (secondary N) is 1. The predicted octanol–water partition coefficient (Wildman–Crippen LogP) is 3.79. The Kier molecular flexibility index (Phi) is 6.33. The van der Waals surface area contributed by atoms with Crippen LogP contribution >= 0.6 is 11.3 Å². The first-order valence-electron chi connectivity index (χ1n) is 10.2. The maximum atomic E-state index is 13.5. The summed E-state index contributed by atoms with van der Waals surface area (Å²) in [5.74, 6) is -0.507. The molecule has 1 amide bonds. The van der Waals surface area contributed by atoms with Crippen molar-refractivity contribution < 1.29 is 24.2 Å². The molecule has 0 unspecified atom stereocenters. The zero-order valence-electron chi connectivity index (χ0n) is 18.6. The summed E-state index contributed by atoms with van der Waals surface area (Å²) >= 11 is 1.08. The lowest BCUT2D eigenvalue weighted by molar-refractivity contribution is -0.116. The van der Waals surface area contributed by atoms with Crippen LogP contribution in [0.15, 0.2) is 52.6 Å². The van der Waals surface area contributed by atoms with Crippen molar-refractivity contribution in [3.63, 3.8) is 0 Å². The van der Waals surface area contributed by atoms with Crippen LogP contribution in [-0.2, 0) is 11.3 Å². The molecule has 174 valence electrons. The van der Waals surface area contributed by atoms with Gasteiger partial charge >= 0.3 is 5.97 Å². The normalized spacial score (nSPS) is 10.8. The van der Waals surface area contributed by atoms with Gasteiger partial charge in [-0.25, -0.2) is 9.78 Å². The van der Waals surface area contributed by atoms with Crippen LogP contribution < -0.4 is 20.3 Å². The molecule has 0 radical (unpaired) electrons. The lowest BCUT2D eigenvalue weighted by atomic mass is 10.1. The zero-order valence-corrected chi connectivity index (χ0v) is 19.4. The van der Waals surface area contributed by atoms with Crippen LogP contribution in [0.25, 0.3) is 21.6 Å². The number of carboxylic acids is 1. The minimum atomic E-state index is -1.23. The van der Waals surface area contributed by atoms with Gasteiger partial charge in [-0.15, -0.1) is 11.3 Å². The van der Waals surface area contributed by atoms with Crippen LogP contribution in [0.5, 0.6) is 11.5 Å². The first-order valence-corrected chi connectivity index (χ1v) is 11.0. The van der Waals surface area contributed by atoms with Crippen LogP contribution in [0.4, 0.5) is 5.69 Å². The van der Waals surface area contributed by atoms with Gasteiger partial charge in [0.25, 0.3) is 5.56 Å². The minimum absolute atomic E-state index is 0.0235. The summed E-state index contributed by atoms with van der Waals surface area (Å²) in [6.45, 7) is 1.49. The molecule has 4 rings (SSSR count). The number of thiophene rings is 1. The number of aryl methyl sites for hydroxylation is 1. The summed E-state index contributed by atoms with van der Waals surface area (Å²) in [5, 5.41) is 13.6. The molecule has 0 saturated heterocycles. The Morgan fingerprint density at radius 2 is 1.91 bits per heavy atom. The van der Waals surface area contributed by atoms with Crippen LogP contribution in [0.3, 0.4) is 0 Å². The predicted molar refractivity (Wildman–Crippen MR) is 129 cm³/mol. The van der Waals surface area contributed by atoms with Crippen molar-refractivity contribution in [1.29, 1.82) is 0 Å². The van der Waals surface area contributed by atoms with Crippen molar-refractivity contribution in [2.75, 3.05) is 19.5 Å². The minimum Gasteiger partial charge on any atom is -0.497 e. The molecular formula is C24H21N3O6S. The van der Waals surface area contributed by atoms with Crippen LogP contribution in [0.1, 0.15) is 15.9 Å². The Labute approximate surface area is 198 Å². The Balaban J connectivity index is 1.81. The summed E-state index contributed by atoms with van der Waals surface area (Å²) in [5.41, 5.74) is 1.18.